The first kappa shape index (κ1) is 14.8. The van der Waals surface area contributed by atoms with Crippen LogP contribution in [0.15, 0.2) is 12.1 Å². The van der Waals surface area contributed by atoms with Crippen LogP contribution in [-0.4, -0.2) is 7.11 Å². The number of hydrogen-bond acceptors (Lipinski definition) is 1. The summed E-state index contributed by atoms with van der Waals surface area (Å²) in [4.78, 5) is 0. The van der Waals surface area contributed by atoms with Crippen LogP contribution in [0, 0.1) is 20.4 Å². The average molecular weight is 245 g/mol. The molecule has 0 heterocycles. The van der Waals surface area contributed by atoms with Crippen LogP contribution in [0.2, 0.25) is 0 Å². The Kier molecular flexibility index (Phi) is 5.97. The predicted molar refractivity (Wildman–Crippen MR) is 78.9 cm³/mol. The zero-order chi connectivity index (χ0) is 13.5. The third kappa shape index (κ3) is 3.90. The van der Waals surface area contributed by atoms with E-state index in [9.17, 15) is 0 Å². The highest BCUT2D eigenvalue weighted by Gasteiger charge is 2.07. The minimum absolute atomic E-state index is 0.932. The molecule has 0 saturated heterocycles. The molecule has 0 amide bonds. The molecule has 0 fully saturated rings. The standard InChI is InChI=1S/C17H25O/c1-6-7-8-9-10-13(2)16-11-14(3)15(4)17(12-16)18-5/h2,11-12H,6-10H2,1,3-5H3. The first-order valence-corrected chi connectivity index (χ1v) is 6.87. The first-order valence-electron chi connectivity index (χ1n) is 6.87. The Bertz CT molecular complexity index is 404. The molecule has 0 aliphatic carbocycles. The fraction of sp³-hybridized carbons (Fsp3) is 0.529. The number of ether oxygens (including phenoxy) is 1. The molecule has 0 spiro atoms. The maximum Gasteiger partial charge on any atom is 0.122 e. The van der Waals surface area contributed by atoms with Gasteiger partial charge in [0.2, 0.25) is 0 Å². The van der Waals surface area contributed by atoms with Crippen molar-refractivity contribution in [1.29, 1.82) is 0 Å². The molecule has 1 nitrogen and oxygen atoms in total. The highest BCUT2D eigenvalue weighted by molar-refractivity contribution is 5.65. The van der Waals surface area contributed by atoms with Crippen LogP contribution < -0.4 is 4.74 Å². The van der Waals surface area contributed by atoms with E-state index in [1.807, 2.05) is 0 Å². The summed E-state index contributed by atoms with van der Waals surface area (Å²) in [6.07, 6.45) is 5.97. The molecular weight excluding hydrogens is 220 g/mol. The monoisotopic (exact) mass is 245 g/mol. The van der Waals surface area contributed by atoms with Gasteiger partial charge in [-0.3, -0.25) is 0 Å². The fourth-order valence-corrected chi connectivity index (χ4v) is 2.11. The van der Waals surface area contributed by atoms with Crippen molar-refractivity contribution in [3.05, 3.63) is 35.4 Å². The summed E-state index contributed by atoms with van der Waals surface area (Å²) in [6, 6.07) is 4.21. The number of hydrogen-bond donors (Lipinski definition) is 0. The van der Waals surface area contributed by atoms with E-state index >= 15 is 0 Å². The maximum atomic E-state index is 6.18. The summed E-state index contributed by atoms with van der Waals surface area (Å²) in [5, 5.41) is 0. The van der Waals surface area contributed by atoms with Crippen molar-refractivity contribution < 1.29 is 4.74 Å². The third-order valence-electron chi connectivity index (χ3n) is 3.51. The molecule has 1 aromatic carbocycles. The van der Waals surface area contributed by atoms with E-state index in [0.717, 1.165) is 23.3 Å². The number of aryl methyl sites for hydroxylation is 1. The van der Waals surface area contributed by atoms with Gasteiger partial charge in [-0.05, 0) is 55.0 Å². The molecule has 0 N–H and O–H groups in total. The number of allylic oxidation sites excluding steroid dienone is 1. The van der Waals surface area contributed by atoms with Crippen molar-refractivity contribution in [3.63, 3.8) is 0 Å². The molecule has 1 heteroatoms. The molecule has 99 valence electrons. The number of unbranched alkanes of at least 4 members (excludes halogenated alkanes) is 3. The Labute approximate surface area is 112 Å². The zero-order valence-electron chi connectivity index (χ0n) is 12.2. The van der Waals surface area contributed by atoms with E-state index in [1.54, 1.807) is 7.11 Å². The van der Waals surface area contributed by atoms with Crippen LogP contribution in [0.3, 0.4) is 0 Å². The lowest BCUT2D eigenvalue weighted by Gasteiger charge is -2.12. The predicted octanol–water partition coefficient (Wildman–Crippen LogP) is 5.10. The summed E-state index contributed by atoms with van der Waals surface area (Å²) in [6.45, 7) is 12.6. The van der Waals surface area contributed by atoms with Gasteiger partial charge in [0.15, 0.2) is 0 Å². The van der Waals surface area contributed by atoms with Gasteiger partial charge in [-0.1, -0.05) is 38.8 Å². The van der Waals surface area contributed by atoms with Crippen molar-refractivity contribution in [3.8, 4) is 5.75 Å². The second kappa shape index (κ2) is 7.25. The fourth-order valence-electron chi connectivity index (χ4n) is 2.11. The van der Waals surface area contributed by atoms with Gasteiger partial charge in [-0.15, -0.1) is 0 Å². The summed E-state index contributed by atoms with van der Waals surface area (Å²) in [7, 11) is 1.71. The van der Waals surface area contributed by atoms with E-state index in [1.165, 1.54) is 36.8 Å². The second-order valence-electron chi connectivity index (χ2n) is 4.96. The lowest BCUT2D eigenvalue weighted by Crippen LogP contribution is -1.94. The van der Waals surface area contributed by atoms with Gasteiger partial charge in [0.05, 0.1) is 7.11 Å². The van der Waals surface area contributed by atoms with Gasteiger partial charge in [-0.2, -0.15) is 0 Å². The molecule has 0 aliphatic rings. The lowest BCUT2D eigenvalue weighted by atomic mass is 9.97. The van der Waals surface area contributed by atoms with Crippen molar-refractivity contribution in [2.45, 2.75) is 52.9 Å². The van der Waals surface area contributed by atoms with Gasteiger partial charge in [0.25, 0.3) is 0 Å². The quantitative estimate of drug-likeness (QED) is 0.607. The molecular formula is C17H25O. The van der Waals surface area contributed by atoms with Crippen molar-refractivity contribution in [1.82, 2.24) is 0 Å². The highest BCUT2D eigenvalue weighted by Crippen LogP contribution is 2.28. The zero-order valence-corrected chi connectivity index (χ0v) is 12.2. The SMILES string of the molecule is [CH]=C(CCCCCC)c1cc(C)c(C)c(OC)c1. The van der Waals surface area contributed by atoms with Crippen LogP contribution in [0.1, 0.15) is 55.7 Å². The smallest absolute Gasteiger partial charge is 0.122 e. The van der Waals surface area contributed by atoms with Crippen LogP contribution in [-0.2, 0) is 0 Å². The largest absolute Gasteiger partial charge is 0.496 e. The van der Waals surface area contributed by atoms with E-state index in [0.29, 0.717) is 0 Å². The summed E-state index contributed by atoms with van der Waals surface area (Å²) >= 11 is 0. The number of benzene rings is 1. The number of methoxy groups -OCH3 is 1. The van der Waals surface area contributed by atoms with Gasteiger partial charge >= 0.3 is 0 Å². The van der Waals surface area contributed by atoms with Gasteiger partial charge < -0.3 is 4.74 Å². The Morgan fingerprint density at radius 2 is 1.89 bits per heavy atom. The Morgan fingerprint density at radius 3 is 2.50 bits per heavy atom. The molecule has 0 aromatic heterocycles. The molecule has 0 unspecified atom stereocenters. The Hall–Kier alpha value is -1.24. The van der Waals surface area contributed by atoms with Crippen molar-refractivity contribution in [2.24, 2.45) is 0 Å². The third-order valence-corrected chi connectivity index (χ3v) is 3.51. The number of rotatable bonds is 7. The molecule has 1 aromatic rings. The lowest BCUT2D eigenvalue weighted by molar-refractivity contribution is 0.411. The van der Waals surface area contributed by atoms with Crippen LogP contribution in [0.25, 0.3) is 5.57 Å². The van der Waals surface area contributed by atoms with Crippen molar-refractivity contribution in [2.75, 3.05) is 7.11 Å². The Balaban J connectivity index is 2.71. The van der Waals surface area contributed by atoms with E-state index < -0.39 is 0 Å². The van der Waals surface area contributed by atoms with E-state index in [-0.39, 0.29) is 0 Å². The summed E-state index contributed by atoms with van der Waals surface area (Å²) < 4.78 is 5.39. The average Bonchev–Trinajstić information content (AvgIpc) is 2.37. The van der Waals surface area contributed by atoms with Gasteiger partial charge in [0.1, 0.15) is 5.75 Å². The molecule has 0 atom stereocenters. The van der Waals surface area contributed by atoms with Crippen LogP contribution in [0.4, 0.5) is 0 Å². The summed E-state index contributed by atoms with van der Waals surface area (Å²) in [5.41, 5.74) is 4.53. The van der Waals surface area contributed by atoms with E-state index in [4.69, 9.17) is 11.3 Å². The molecule has 1 rings (SSSR count). The summed E-state index contributed by atoms with van der Waals surface area (Å²) in [5.74, 6) is 0.932. The minimum atomic E-state index is 0.932. The maximum absolute atomic E-state index is 6.18. The van der Waals surface area contributed by atoms with Crippen LogP contribution in [0.5, 0.6) is 5.75 Å². The first-order chi connectivity index (χ1) is 8.60. The molecule has 0 bridgehead atoms. The normalized spacial score (nSPS) is 10.4. The second-order valence-corrected chi connectivity index (χ2v) is 4.96. The molecule has 18 heavy (non-hydrogen) atoms. The highest BCUT2D eigenvalue weighted by atomic mass is 16.5. The minimum Gasteiger partial charge on any atom is -0.496 e. The Morgan fingerprint density at radius 1 is 1.17 bits per heavy atom. The molecule has 0 aliphatic heterocycles. The topological polar surface area (TPSA) is 9.23 Å². The van der Waals surface area contributed by atoms with Gasteiger partial charge in [-0.25, -0.2) is 0 Å². The van der Waals surface area contributed by atoms with E-state index in [2.05, 4.69) is 32.9 Å². The molecule has 0 saturated carbocycles. The molecule has 1 radical (unpaired) electrons. The van der Waals surface area contributed by atoms with Gasteiger partial charge in [0, 0.05) is 0 Å². The van der Waals surface area contributed by atoms with Crippen LogP contribution >= 0.6 is 0 Å². The van der Waals surface area contributed by atoms with Crippen molar-refractivity contribution >= 4 is 5.57 Å².